The van der Waals surface area contributed by atoms with E-state index < -0.39 is 0 Å². The molecule has 1 N–H and O–H groups in total. The molecule has 138 valence electrons. The van der Waals surface area contributed by atoms with Gasteiger partial charge >= 0.3 is 0 Å². The van der Waals surface area contributed by atoms with E-state index in [9.17, 15) is 5.11 Å². The van der Waals surface area contributed by atoms with E-state index >= 15 is 0 Å². The van der Waals surface area contributed by atoms with Crippen molar-refractivity contribution in [3.63, 3.8) is 0 Å². The molecule has 1 aliphatic rings. The minimum Gasteiger partial charge on any atom is -0.508 e. The molecule has 2 radical (unpaired) electrons. The molecular weight excluding hydrogens is 356 g/mol. The fourth-order valence-corrected chi connectivity index (χ4v) is 2.36. The van der Waals surface area contributed by atoms with Crippen LogP contribution in [0.1, 0.15) is 59.6 Å². The van der Waals surface area contributed by atoms with E-state index in [1.54, 1.807) is 6.07 Å². The smallest absolute Gasteiger partial charge is 0.116 e. The van der Waals surface area contributed by atoms with E-state index in [0.29, 0.717) is 11.7 Å². The van der Waals surface area contributed by atoms with E-state index in [-0.39, 0.29) is 27.1 Å². The van der Waals surface area contributed by atoms with Gasteiger partial charge in [-0.1, -0.05) is 66.6 Å². The van der Waals surface area contributed by atoms with Gasteiger partial charge in [0.2, 0.25) is 0 Å². The van der Waals surface area contributed by atoms with Gasteiger partial charge in [0.1, 0.15) is 5.75 Å². The van der Waals surface area contributed by atoms with Crippen LogP contribution in [0.25, 0.3) is 0 Å². The molecule has 1 aromatic rings. The number of benzene rings is 1. The second-order valence-corrected chi connectivity index (χ2v) is 8.61. The number of phenolic OH excluding ortho intramolecular Hbond substituents is 1. The van der Waals surface area contributed by atoms with E-state index in [2.05, 4.69) is 73.7 Å². The van der Waals surface area contributed by atoms with Crippen molar-refractivity contribution >= 4 is 9.52 Å². The van der Waals surface area contributed by atoms with Crippen molar-refractivity contribution in [3.05, 3.63) is 52.1 Å². The molecule has 0 bridgehead atoms. The van der Waals surface area contributed by atoms with Gasteiger partial charge < -0.3 is 5.11 Å². The van der Waals surface area contributed by atoms with Gasteiger partial charge in [-0.05, 0) is 35.6 Å². The maximum absolute atomic E-state index is 9.36. The van der Waals surface area contributed by atoms with Gasteiger partial charge in [0.15, 0.2) is 0 Å². The molecule has 0 amide bonds. The van der Waals surface area contributed by atoms with Gasteiger partial charge in [0.25, 0.3) is 0 Å². The third kappa shape index (κ3) is 9.63. The standard InChI is InChI=1S/C11H16O.C9H13.C2H6Si.Ti/c1-8-5-9(11(2,3)4)7-10(12)6-8;1-6-5-7(2)9(4)8(6)3;1-3-2;/h5-7,12H,1-4H3;6H,1-4H3;1-2H3;/q;-1;;. The van der Waals surface area contributed by atoms with Crippen molar-refractivity contribution in [1.29, 1.82) is 0 Å². The van der Waals surface area contributed by atoms with Crippen molar-refractivity contribution in [2.24, 2.45) is 5.92 Å². The predicted molar refractivity (Wildman–Crippen MR) is 109 cm³/mol. The molecule has 25 heavy (non-hydrogen) atoms. The zero-order valence-corrected chi connectivity index (χ0v) is 20.3. The van der Waals surface area contributed by atoms with Gasteiger partial charge in [0.05, 0.1) is 0 Å². The summed E-state index contributed by atoms with van der Waals surface area (Å²) >= 11 is 0. The van der Waals surface area contributed by atoms with Crippen LogP contribution in [0.5, 0.6) is 5.75 Å². The number of hydrogen-bond acceptors (Lipinski definition) is 1. The molecule has 1 aromatic carbocycles. The molecule has 1 nitrogen and oxygen atoms in total. The molecule has 0 spiro atoms. The molecule has 1 atom stereocenters. The Kier molecular flexibility index (Phi) is 12.7. The van der Waals surface area contributed by atoms with E-state index in [4.69, 9.17) is 0 Å². The molecule has 2 rings (SSSR count). The summed E-state index contributed by atoms with van der Waals surface area (Å²) in [5, 5.41) is 9.36. The summed E-state index contributed by atoms with van der Waals surface area (Å²) in [5.74, 6) is 0.921. The predicted octanol–water partition coefficient (Wildman–Crippen LogP) is 6.50. The van der Waals surface area contributed by atoms with Crippen molar-refractivity contribution in [2.75, 3.05) is 0 Å². The Morgan fingerprint density at radius 3 is 1.72 bits per heavy atom. The topological polar surface area (TPSA) is 20.2 Å². The average molecular weight is 391 g/mol. The molecular formula is C22H35OSiTi-. The quantitative estimate of drug-likeness (QED) is 0.395. The second kappa shape index (κ2) is 11.9. The van der Waals surface area contributed by atoms with Crippen LogP contribution < -0.4 is 0 Å². The Morgan fingerprint density at radius 1 is 1.00 bits per heavy atom. The minimum absolute atomic E-state index is 0. The SMILES string of the molecule is CC1=[C-]C(C)C(C)=C1C.C[Si]C.Cc1cc(O)cc(C(C)(C)C)c1.[Ti]. The monoisotopic (exact) mass is 391 g/mol. The van der Waals surface area contributed by atoms with Gasteiger partial charge in [0, 0.05) is 31.2 Å². The zero-order chi connectivity index (χ0) is 19.1. The van der Waals surface area contributed by atoms with E-state index in [1.807, 2.05) is 13.0 Å². The largest absolute Gasteiger partial charge is 0.508 e. The molecule has 0 aromatic heterocycles. The van der Waals surface area contributed by atoms with Crippen LogP contribution in [0.2, 0.25) is 13.1 Å². The average Bonchev–Trinajstić information content (AvgIpc) is 2.65. The first-order chi connectivity index (χ1) is 10.9. The van der Waals surface area contributed by atoms with E-state index in [1.165, 1.54) is 22.3 Å². The van der Waals surface area contributed by atoms with Gasteiger partial charge in [-0.3, -0.25) is 6.08 Å². The first kappa shape index (κ1) is 26.7. The third-order valence-electron chi connectivity index (χ3n) is 4.16. The Labute approximate surface area is 173 Å². The molecule has 3 heteroatoms. The Balaban J connectivity index is 0. The van der Waals surface area contributed by atoms with Crippen molar-refractivity contribution in [1.82, 2.24) is 0 Å². The summed E-state index contributed by atoms with van der Waals surface area (Å²) in [5.41, 5.74) is 6.65. The second-order valence-electron chi connectivity index (χ2n) is 7.61. The van der Waals surface area contributed by atoms with Crippen LogP contribution in [-0.4, -0.2) is 14.6 Å². The summed E-state index contributed by atoms with van der Waals surface area (Å²) in [4.78, 5) is 0. The molecule has 0 saturated carbocycles. The first-order valence-corrected chi connectivity index (χ1v) is 10.6. The van der Waals surface area contributed by atoms with E-state index in [0.717, 1.165) is 15.1 Å². The van der Waals surface area contributed by atoms with Gasteiger partial charge in [-0.25, -0.2) is 5.57 Å². The Hall–Kier alpha value is -0.569. The normalized spacial score (nSPS) is 16.1. The molecule has 1 unspecified atom stereocenters. The van der Waals surface area contributed by atoms with Crippen molar-refractivity contribution < 1.29 is 26.8 Å². The van der Waals surface area contributed by atoms with Crippen LogP contribution in [0.4, 0.5) is 0 Å². The van der Waals surface area contributed by atoms with Crippen LogP contribution in [0.15, 0.2) is 34.9 Å². The van der Waals surface area contributed by atoms with Crippen LogP contribution in [0.3, 0.4) is 0 Å². The Bertz CT molecular complexity index is 574. The summed E-state index contributed by atoms with van der Waals surface area (Å²) < 4.78 is 0. The number of aryl methyl sites for hydroxylation is 1. The van der Waals surface area contributed by atoms with Crippen molar-refractivity contribution in [3.8, 4) is 5.75 Å². The van der Waals surface area contributed by atoms with Crippen LogP contribution in [-0.2, 0) is 27.1 Å². The summed E-state index contributed by atoms with van der Waals surface area (Å²) in [6.07, 6.45) is 3.36. The molecule has 0 heterocycles. The molecule has 0 aliphatic heterocycles. The zero-order valence-electron chi connectivity index (χ0n) is 17.8. The van der Waals surface area contributed by atoms with Gasteiger partial charge in [-0.15, -0.1) is 6.92 Å². The summed E-state index contributed by atoms with van der Waals surface area (Å²) in [6, 6.07) is 5.71. The number of allylic oxidation sites excluding steroid dienone is 4. The van der Waals surface area contributed by atoms with Gasteiger partial charge in [-0.2, -0.15) is 11.1 Å². The fourth-order valence-electron chi connectivity index (χ4n) is 2.36. The maximum Gasteiger partial charge on any atom is 0.116 e. The molecule has 1 aliphatic carbocycles. The molecule has 0 saturated heterocycles. The minimum atomic E-state index is 0. The summed E-state index contributed by atoms with van der Waals surface area (Å²) in [6.45, 7) is 21.4. The number of phenols is 1. The Morgan fingerprint density at radius 2 is 1.48 bits per heavy atom. The molecule has 0 fully saturated rings. The maximum atomic E-state index is 9.36. The van der Waals surface area contributed by atoms with Crippen molar-refractivity contribution in [2.45, 2.75) is 73.9 Å². The first-order valence-electron chi connectivity index (χ1n) is 8.61. The number of aromatic hydroxyl groups is 1. The van der Waals surface area contributed by atoms with Crippen LogP contribution >= 0.6 is 0 Å². The van der Waals surface area contributed by atoms with Crippen LogP contribution in [0, 0.1) is 18.9 Å². The summed E-state index contributed by atoms with van der Waals surface area (Å²) in [7, 11) is 1.08. The fraction of sp³-hybridized carbons (Fsp3) is 0.545. The third-order valence-corrected chi connectivity index (χ3v) is 4.16. The number of rotatable bonds is 0. The number of hydrogen-bond donors (Lipinski definition) is 1.